The van der Waals surface area contributed by atoms with Gasteiger partial charge in [0.2, 0.25) is 0 Å². The summed E-state index contributed by atoms with van der Waals surface area (Å²) in [6.07, 6.45) is 0. The summed E-state index contributed by atoms with van der Waals surface area (Å²) in [5, 5.41) is 9.71. The fraction of sp³-hybridized carbons (Fsp3) is 0.385. The first kappa shape index (κ1) is 11.1. The largest absolute Gasteiger partial charge is 0.396 e. The van der Waals surface area contributed by atoms with Crippen molar-refractivity contribution in [3.05, 3.63) is 35.3 Å². The first-order chi connectivity index (χ1) is 7.56. The van der Waals surface area contributed by atoms with E-state index in [-0.39, 0.29) is 18.3 Å². The quantitative estimate of drug-likeness (QED) is 0.828. The standard InChI is InChI=1S/C13H16FNO/c1-8(7-16)10-4-5-12-11(13(10)14)6-9(2)15(12)3/h4-6,8,16H,7H2,1-3H3. The Morgan fingerprint density at radius 2 is 2.12 bits per heavy atom. The number of aromatic nitrogens is 1. The molecule has 0 fully saturated rings. The normalized spacial score (nSPS) is 13.3. The van der Waals surface area contributed by atoms with Crippen LogP contribution in [0.1, 0.15) is 24.1 Å². The number of rotatable bonds is 2. The van der Waals surface area contributed by atoms with Crippen LogP contribution in [-0.2, 0) is 7.05 Å². The van der Waals surface area contributed by atoms with Gasteiger partial charge in [-0.05, 0) is 24.6 Å². The van der Waals surface area contributed by atoms with Crippen molar-refractivity contribution < 1.29 is 9.50 Å². The molecule has 1 aromatic heterocycles. The molecule has 0 aliphatic carbocycles. The molecule has 0 amide bonds. The summed E-state index contributed by atoms with van der Waals surface area (Å²) in [5.41, 5.74) is 2.51. The minimum atomic E-state index is -0.206. The predicted molar refractivity (Wildman–Crippen MR) is 63.1 cm³/mol. The van der Waals surface area contributed by atoms with Gasteiger partial charge in [0, 0.05) is 30.7 Å². The van der Waals surface area contributed by atoms with E-state index in [4.69, 9.17) is 5.11 Å². The molecule has 16 heavy (non-hydrogen) atoms. The van der Waals surface area contributed by atoms with E-state index in [1.807, 2.05) is 37.6 Å². The van der Waals surface area contributed by atoms with E-state index in [0.717, 1.165) is 11.2 Å². The number of nitrogens with zero attached hydrogens (tertiary/aromatic N) is 1. The Hall–Kier alpha value is -1.35. The molecular weight excluding hydrogens is 205 g/mol. The van der Waals surface area contributed by atoms with E-state index in [2.05, 4.69) is 0 Å². The van der Waals surface area contributed by atoms with Crippen molar-refractivity contribution in [3.8, 4) is 0 Å². The van der Waals surface area contributed by atoms with Crippen LogP contribution < -0.4 is 0 Å². The van der Waals surface area contributed by atoms with Crippen LogP contribution >= 0.6 is 0 Å². The molecule has 0 bridgehead atoms. The predicted octanol–water partition coefficient (Wildman–Crippen LogP) is 2.72. The van der Waals surface area contributed by atoms with Gasteiger partial charge in [0.15, 0.2) is 0 Å². The third-order valence-electron chi connectivity index (χ3n) is 3.24. The third kappa shape index (κ3) is 1.52. The van der Waals surface area contributed by atoms with Gasteiger partial charge in [-0.15, -0.1) is 0 Å². The van der Waals surface area contributed by atoms with E-state index in [1.54, 1.807) is 6.07 Å². The Balaban J connectivity index is 2.70. The summed E-state index contributed by atoms with van der Waals surface area (Å²) in [6.45, 7) is 3.74. The number of hydrogen-bond donors (Lipinski definition) is 1. The van der Waals surface area contributed by atoms with Crippen LogP contribution in [0, 0.1) is 12.7 Å². The van der Waals surface area contributed by atoms with Gasteiger partial charge in [-0.3, -0.25) is 0 Å². The highest BCUT2D eigenvalue weighted by Gasteiger charge is 2.15. The van der Waals surface area contributed by atoms with Crippen molar-refractivity contribution in [1.82, 2.24) is 4.57 Å². The Bertz CT molecular complexity index is 530. The molecule has 0 aliphatic heterocycles. The van der Waals surface area contributed by atoms with Crippen LogP contribution in [0.5, 0.6) is 0 Å². The summed E-state index contributed by atoms with van der Waals surface area (Å²) in [4.78, 5) is 0. The van der Waals surface area contributed by atoms with Crippen LogP contribution in [0.15, 0.2) is 18.2 Å². The molecule has 0 spiro atoms. The zero-order valence-electron chi connectivity index (χ0n) is 9.79. The molecule has 1 unspecified atom stereocenters. The minimum absolute atomic E-state index is 0.0335. The number of benzene rings is 1. The lowest BCUT2D eigenvalue weighted by molar-refractivity contribution is 0.270. The topological polar surface area (TPSA) is 25.2 Å². The van der Waals surface area contributed by atoms with Crippen LogP contribution in [-0.4, -0.2) is 16.3 Å². The zero-order valence-corrected chi connectivity index (χ0v) is 9.79. The van der Waals surface area contributed by atoms with Gasteiger partial charge in [-0.1, -0.05) is 13.0 Å². The maximum Gasteiger partial charge on any atom is 0.136 e. The van der Waals surface area contributed by atoms with Crippen molar-refractivity contribution in [2.75, 3.05) is 6.61 Å². The fourth-order valence-corrected chi connectivity index (χ4v) is 2.00. The SMILES string of the molecule is Cc1cc2c(F)c(C(C)CO)ccc2n1C. The van der Waals surface area contributed by atoms with Crippen LogP contribution in [0.25, 0.3) is 10.9 Å². The molecule has 3 heteroatoms. The highest BCUT2D eigenvalue weighted by molar-refractivity contribution is 5.82. The zero-order chi connectivity index (χ0) is 11.9. The van der Waals surface area contributed by atoms with E-state index in [1.165, 1.54) is 0 Å². The smallest absolute Gasteiger partial charge is 0.136 e. The maximum atomic E-state index is 14.2. The van der Waals surface area contributed by atoms with Gasteiger partial charge in [-0.2, -0.15) is 0 Å². The highest BCUT2D eigenvalue weighted by atomic mass is 19.1. The van der Waals surface area contributed by atoms with Gasteiger partial charge in [0.1, 0.15) is 5.82 Å². The average Bonchev–Trinajstić information content (AvgIpc) is 2.57. The summed E-state index contributed by atoms with van der Waals surface area (Å²) >= 11 is 0. The molecule has 0 aliphatic rings. The second-order valence-electron chi connectivity index (χ2n) is 4.33. The Morgan fingerprint density at radius 3 is 2.75 bits per heavy atom. The number of aryl methyl sites for hydroxylation is 2. The molecule has 2 aromatic rings. The van der Waals surface area contributed by atoms with Gasteiger partial charge in [-0.25, -0.2) is 4.39 Å². The van der Waals surface area contributed by atoms with Gasteiger partial charge in [0.25, 0.3) is 0 Å². The molecule has 2 rings (SSSR count). The van der Waals surface area contributed by atoms with E-state index < -0.39 is 0 Å². The monoisotopic (exact) mass is 221 g/mol. The number of aliphatic hydroxyl groups excluding tert-OH is 1. The Kier molecular flexibility index (Phi) is 2.72. The molecule has 0 saturated heterocycles. The first-order valence-electron chi connectivity index (χ1n) is 5.41. The summed E-state index contributed by atoms with van der Waals surface area (Å²) in [6, 6.07) is 5.52. The van der Waals surface area contributed by atoms with Crippen LogP contribution in [0.4, 0.5) is 4.39 Å². The minimum Gasteiger partial charge on any atom is -0.396 e. The maximum absolute atomic E-state index is 14.2. The van der Waals surface area contributed by atoms with Crippen molar-refractivity contribution in [2.24, 2.45) is 7.05 Å². The van der Waals surface area contributed by atoms with E-state index in [9.17, 15) is 4.39 Å². The molecule has 2 nitrogen and oxygen atoms in total. The molecule has 0 radical (unpaired) electrons. The van der Waals surface area contributed by atoms with E-state index >= 15 is 0 Å². The van der Waals surface area contributed by atoms with Crippen molar-refractivity contribution in [3.63, 3.8) is 0 Å². The van der Waals surface area contributed by atoms with Crippen LogP contribution in [0.3, 0.4) is 0 Å². The number of fused-ring (bicyclic) bond motifs is 1. The Morgan fingerprint density at radius 1 is 1.44 bits per heavy atom. The second-order valence-corrected chi connectivity index (χ2v) is 4.33. The van der Waals surface area contributed by atoms with Gasteiger partial charge in [0.05, 0.1) is 5.52 Å². The van der Waals surface area contributed by atoms with Gasteiger partial charge < -0.3 is 9.67 Å². The summed E-state index contributed by atoms with van der Waals surface area (Å²) in [5.74, 6) is -0.368. The number of hydrogen-bond acceptors (Lipinski definition) is 1. The lowest BCUT2D eigenvalue weighted by Gasteiger charge is -2.10. The average molecular weight is 221 g/mol. The molecule has 0 saturated carbocycles. The van der Waals surface area contributed by atoms with Gasteiger partial charge >= 0.3 is 0 Å². The molecule has 1 N–H and O–H groups in total. The summed E-state index contributed by atoms with van der Waals surface area (Å²) < 4.78 is 16.1. The highest BCUT2D eigenvalue weighted by Crippen LogP contribution is 2.27. The molecular formula is C13H16FNO. The van der Waals surface area contributed by atoms with Crippen molar-refractivity contribution in [1.29, 1.82) is 0 Å². The third-order valence-corrected chi connectivity index (χ3v) is 3.24. The lowest BCUT2D eigenvalue weighted by atomic mass is 10.00. The second kappa shape index (κ2) is 3.91. The molecule has 86 valence electrons. The fourth-order valence-electron chi connectivity index (χ4n) is 2.00. The van der Waals surface area contributed by atoms with Crippen molar-refractivity contribution >= 4 is 10.9 Å². The lowest BCUT2D eigenvalue weighted by Crippen LogP contribution is -2.02. The molecule has 1 atom stereocenters. The van der Waals surface area contributed by atoms with Crippen LogP contribution in [0.2, 0.25) is 0 Å². The van der Waals surface area contributed by atoms with E-state index in [0.29, 0.717) is 10.9 Å². The Labute approximate surface area is 94.3 Å². The molecule has 1 heterocycles. The number of halogens is 1. The van der Waals surface area contributed by atoms with Crippen molar-refractivity contribution in [2.45, 2.75) is 19.8 Å². The first-order valence-corrected chi connectivity index (χ1v) is 5.41. The summed E-state index contributed by atoms with van der Waals surface area (Å²) in [7, 11) is 1.92. The molecule has 1 aromatic carbocycles. The number of aliphatic hydroxyl groups is 1.